The first-order valence-electron chi connectivity index (χ1n) is 7.51. The van der Waals surface area contributed by atoms with E-state index in [-0.39, 0.29) is 5.91 Å². The number of ether oxygens (including phenoxy) is 1. The van der Waals surface area contributed by atoms with Crippen molar-refractivity contribution < 1.29 is 14.1 Å². The Labute approximate surface area is 128 Å². The highest BCUT2D eigenvalue weighted by atomic mass is 16.5. The fourth-order valence-electron chi connectivity index (χ4n) is 2.51. The second-order valence-corrected chi connectivity index (χ2v) is 5.52. The minimum absolute atomic E-state index is 0.136. The van der Waals surface area contributed by atoms with Crippen LogP contribution in [0.25, 0.3) is 11.4 Å². The van der Waals surface area contributed by atoms with Crippen molar-refractivity contribution in [1.29, 1.82) is 0 Å². The van der Waals surface area contributed by atoms with Crippen LogP contribution in [0.2, 0.25) is 0 Å². The van der Waals surface area contributed by atoms with E-state index < -0.39 is 0 Å². The fraction of sp³-hybridized carbons (Fsp3) is 0.438. The molecular weight excluding hydrogens is 282 g/mol. The van der Waals surface area contributed by atoms with E-state index in [1.807, 2.05) is 24.3 Å². The standard InChI is InChI=1S/C16H19N3O3/c1-11-18-16(19-22-11)13-3-2-4-14(9-13)21-10-12-5-6-15(20)17-8-7-12/h2-4,9,12H,5-8,10H2,1H3,(H,17,20)/t12-/m1/s1. The summed E-state index contributed by atoms with van der Waals surface area (Å²) in [5.74, 6) is 2.42. The third kappa shape index (κ3) is 3.63. The lowest BCUT2D eigenvalue weighted by Gasteiger charge is -2.14. The molecule has 0 spiro atoms. The van der Waals surface area contributed by atoms with Gasteiger partial charge < -0.3 is 14.6 Å². The van der Waals surface area contributed by atoms with Gasteiger partial charge in [0.1, 0.15) is 5.75 Å². The number of nitrogens with one attached hydrogen (secondary N) is 1. The minimum atomic E-state index is 0.136. The van der Waals surface area contributed by atoms with Crippen molar-refractivity contribution in [2.45, 2.75) is 26.2 Å². The first kappa shape index (κ1) is 14.6. The molecule has 1 aliphatic heterocycles. The molecule has 1 aliphatic rings. The van der Waals surface area contributed by atoms with Crippen LogP contribution in [0.15, 0.2) is 28.8 Å². The van der Waals surface area contributed by atoms with Gasteiger partial charge in [-0.2, -0.15) is 4.98 Å². The summed E-state index contributed by atoms with van der Waals surface area (Å²) in [5.41, 5.74) is 0.868. The van der Waals surface area contributed by atoms with Crippen molar-refractivity contribution in [2.75, 3.05) is 13.2 Å². The van der Waals surface area contributed by atoms with Crippen LogP contribution in [0.5, 0.6) is 5.75 Å². The van der Waals surface area contributed by atoms with E-state index in [4.69, 9.17) is 9.26 Å². The number of amides is 1. The number of carbonyl (C=O) groups excluding carboxylic acids is 1. The number of rotatable bonds is 4. The molecule has 0 unspecified atom stereocenters. The molecule has 1 aromatic heterocycles. The van der Waals surface area contributed by atoms with Gasteiger partial charge in [-0.05, 0) is 30.9 Å². The average Bonchev–Trinajstić information content (AvgIpc) is 2.85. The molecule has 0 saturated carbocycles. The van der Waals surface area contributed by atoms with E-state index in [1.165, 1.54) is 0 Å². The summed E-state index contributed by atoms with van der Waals surface area (Å²) in [6, 6.07) is 7.65. The van der Waals surface area contributed by atoms with Gasteiger partial charge in [0, 0.05) is 25.5 Å². The Balaban J connectivity index is 1.62. The Bertz CT molecular complexity index is 654. The number of hydrogen-bond acceptors (Lipinski definition) is 5. The molecule has 1 saturated heterocycles. The first-order valence-corrected chi connectivity index (χ1v) is 7.51. The zero-order chi connectivity index (χ0) is 15.4. The summed E-state index contributed by atoms with van der Waals surface area (Å²) in [6.07, 6.45) is 2.40. The van der Waals surface area contributed by atoms with Crippen LogP contribution < -0.4 is 10.1 Å². The highest BCUT2D eigenvalue weighted by Crippen LogP contribution is 2.23. The summed E-state index contributed by atoms with van der Waals surface area (Å²) < 4.78 is 10.9. The van der Waals surface area contributed by atoms with Crippen LogP contribution in [-0.4, -0.2) is 29.2 Å². The van der Waals surface area contributed by atoms with E-state index in [9.17, 15) is 4.79 Å². The zero-order valence-electron chi connectivity index (χ0n) is 12.5. The van der Waals surface area contributed by atoms with E-state index in [0.29, 0.717) is 30.7 Å². The topological polar surface area (TPSA) is 77.2 Å². The lowest BCUT2D eigenvalue weighted by Crippen LogP contribution is -2.21. The van der Waals surface area contributed by atoms with Gasteiger partial charge in [0.25, 0.3) is 0 Å². The van der Waals surface area contributed by atoms with Gasteiger partial charge in [-0.15, -0.1) is 0 Å². The molecule has 1 aromatic carbocycles. The van der Waals surface area contributed by atoms with E-state index >= 15 is 0 Å². The lowest BCUT2D eigenvalue weighted by molar-refractivity contribution is -0.120. The monoisotopic (exact) mass is 301 g/mol. The Morgan fingerprint density at radius 3 is 3.14 bits per heavy atom. The molecule has 0 bridgehead atoms. The van der Waals surface area contributed by atoms with Gasteiger partial charge in [0.2, 0.25) is 17.6 Å². The summed E-state index contributed by atoms with van der Waals surface area (Å²) >= 11 is 0. The number of aryl methyl sites for hydroxylation is 1. The highest BCUT2D eigenvalue weighted by Gasteiger charge is 2.16. The van der Waals surface area contributed by atoms with Crippen LogP contribution in [0, 0.1) is 12.8 Å². The minimum Gasteiger partial charge on any atom is -0.493 e. The van der Waals surface area contributed by atoms with Crippen LogP contribution in [0.3, 0.4) is 0 Å². The van der Waals surface area contributed by atoms with E-state index in [2.05, 4.69) is 15.5 Å². The Kier molecular flexibility index (Phi) is 4.37. The van der Waals surface area contributed by atoms with Gasteiger partial charge in [-0.1, -0.05) is 17.3 Å². The van der Waals surface area contributed by atoms with Gasteiger partial charge in [0.15, 0.2) is 0 Å². The largest absolute Gasteiger partial charge is 0.493 e. The summed E-state index contributed by atoms with van der Waals surface area (Å²) in [4.78, 5) is 15.5. The molecule has 1 fully saturated rings. The van der Waals surface area contributed by atoms with Crippen molar-refractivity contribution in [1.82, 2.24) is 15.5 Å². The Hall–Kier alpha value is -2.37. The van der Waals surface area contributed by atoms with Gasteiger partial charge >= 0.3 is 0 Å². The predicted molar refractivity (Wildman–Crippen MR) is 80.3 cm³/mol. The van der Waals surface area contributed by atoms with Crippen molar-refractivity contribution in [3.05, 3.63) is 30.2 Å². The molecule has 116 valence electrons. The molecule has 22 heavy (non-hydrogen) atoms. The normalized spacial score (nSPS) is 18.6. The van der Waals surface area contributed by atoms with Crippen LogP contribution in [0.1, 0.15) is 25.2 Å². The molecule has 1 atom stereocenters. The molecular formula is C16H19N3O3. The van der Waals surface area contributed by atoms with E-state index in [1.54, 1.807) is 6.92 Å². The van der Waals surface area contributed by atoms with Crippen LogP contribution in [-0.2, 0) is 4.79 Å². The number of nitrogens with zero attached hydrogens (tertiary/aromatic N) is 2. The number of carbonyl (C=O) groups is 1. The maximum absolute atomic E-state index is 11.3. The summed E-state index contributed by atoms with van der Waals surface area (Å²) in [5, 5.41) is 6.79. The lowest BCUT2D eigenvalue weighted by atomic mass is 10.0. The average molecular weight is 301 g/mol. The van der Waals surface area contributed by atoms with Crippen molar-refractivity contribution in [3.8, 4) is 17.1 Å². The maximum Gasteiger partial charge on any atom is 0.223 e. The third-order valence-corrected chi connectivity index (χ3v) is 3.76. The first-order chi connectivity index (χ1) is 10.7. The fourth-order valence-corrected chi connectivity index (χ4v) is 2.51. The third-order valence-electron chi connectivity index (χ3n) is 3.76. The van der Waals surface area contributed by atoms with Gasteiger partial charge in [0.05, 0.1) is 6.61 Å². The number of benzene rings is 1. The zero-order valence-corrected chi connectivity index (χ0v) is 12.5. The van der Waals surface area contributed by atoms with E-state index in [0.717, 1.165) is 30.7 Å². The second kappa shape index (κ2) is 6.60. The highest BCUT2D eigenvalue weighted by molar-refractivity contribution is 5.76. The molecule has 1 N–H and O–H groups in total. The molecule has 6 heteroatoms. The number of aromatic nitrogens is 2. The van der Waals surface area contributed by atoms with Crippen LogP contribution >= 0.6 is 0 Å². The van der Waals surface area contributed by atoms with Gasteiger partial charge in [-0.25, -0.2) is 0 Å². The molecule has 3 rings (SSSR count). The summed E-state index contributed by atoms with van der Waals surface area (Å²) in [7, 11) is 0. The van der Waals surface area contributed by atoms with Crippen molar-refractivity contribution in [3.63, 3.8) is 0 Å². The summed E-state index contributed by atoms with van der Waals surface area (Å²) in [6.45, 7) is 3.11. The molecule has 6 nitrogen and oxygen atoms in total. The molecule has 2 aromatic rings. The molecule has 0 radical (unpaired) electrons. The molecule has 2 heterocycles. The number of hydrogen-bond donors (Lipinski definition) is 1. The quantitative estimate of drug-likeness (QED) is 0.938. The van der Waals surface area contributed by atoms with Crippen molar-refractivity contribution >= 4 is 5.91 Å². The molecule has 1 amide bonds. The van der Waals surface area contributed by atoms with Crippen LogP contribution in [0.4, 0.5) is 0 Å². The smallest absolute Gasteiger partial charge is 0.223 e. The Morgan fingerprint density at radius 1 is 1.41 bits per heavy atom. The van der Waals surface area contributed by atoms with Crippen molar-refractivity contribution in [2.24, 2.45) is 5.92 Å². The SMILES string of the molecule is Cc1nc(-c2cccc(OC[C@H]3CCNC(=O)CC3)c2)no1. The molecule has 0 aliphatic carbocycles. The Morgan fingerprint density at radius 2 is 2.32 bits per heavy atom. The van der Waals surface area contributed by atoms with Gasteiger partial charge in [-0.3, -0.25) is 4.79 Å². The second-order valence-electron chi connectivity index (χ2n) is 5.52. The predicted octanol–water partition coefficient (Wildman–Crippen LogP) is 2.34. The maximum atomic E-state index is 11.3.